The zero-order valence-corrected chi connectivity index (χ0v) is 13.8. The second kappa shape index (κ2) is 7.34. The van der Waals surface area contributed by atoms with E-state index in [1.165, 1.54) is 7.11 Å². The van der Waals surface area contributed by atoms with E-state index in [0.717, 1.165) is 5.56 Å². The number of carbonyl (C=O) groups excluding carboxylic acids is 1. The fourth-order valence-corrected chi connectivity index (χ4v) is 2.50. The molecule has 3 nitrogen and oxygen atoms in total. The number of benzene rings is 1. The van der Waals surface area contributed by atoms with Crippen LogP contribution in [-0.4, -0.2) is 30.3 Å². The average molecular weight is 332 g/mol. The molecule has 0 amide bonds. The quantitative estimate of drug-likeness (QED) is 0.762. The molecule has 1 aromatic rings. The largest absolute Gasteiger partial charge is 0.496 e. The topological polar surface area (TPSA) is 46.5 Å². The lowest BCUT2D eigenvalue weighted by Gasteiger charge is -2.29. The Morgan fingerprint density at radius 2 is 1.91 bits per heavy atom. The second-order valence-electron chi connectivity index (χ2n) is 6.01. The Balaban J connectivity index is 3.23. The molecule has 0 aliphatic heterocycles. The molecule has 2 unspecified atom stereocenters. The summed E-state index contributed by atoms with van der Waals surface area (Å²) in [5, 5.41) is 9.69. The minimum Gasteiger partial charge on any atom is -0.496 e. The third kappa shape index (κ3) is 4.25. The molecule has 130 valence electrons. The summed E-state index contributed by atoms with van der Waals surface area (Å²) >= 11 is 0. The van der Waals surface area contributed by atoms with Crippen LogP contribution in [0.15, 0.2) is 18.2 Å². The maximum Gasteiger partial charge on any atom is 0.424 e. The normalized spacial score (nSPS) is 16.0. The Morgan fingerprint density at radius 3 is 2.30 bits per heavy atom. The van der Waals surface area contributed by atoms with Gasteiger partial charge >= 0.3 is 6.18 Å². The molecule has 1 aromatic carbocycles. The lowest BCUT2D eigenvalue weighted by molar-refractivity contribution is -0.247. The molecule has 1 rings (SSSR count). The lowest BCUT2D eigenvalue weighted by Crippen LogP contribution is -2.47. The number of aliphatic hydroxyl groups is 1. The van der Waals surface area contributed by atoms with Crippen molar-refractivity contribution in [3.05, 3.63) is 29.3 Å². The van der Waals surface area contributed by atoms with Crippen molar-refractivity contribution >= 4 is 6.29 Å². The molecule has 23 heavy (non-hydrogen) atoms. The Hall–Kier alpha value is -1.56. The summed E-state index contributed by atoms with van der Waals surface area (Å²) in [5.41, 5.74) is -1.79. The van der Waals surface area contributed by atoms with Crippen LogP contribution in [0.2, 0.25) is 0 Å². The Morgan fingerprint density at radius 1 is 1.30 bits per heavy atom. The van der Waals surface area contributed by atoms with Crippen molar-refractivity contribution in [2.75, 3.05) is 7.11 Å². The third-order valence-corrected chi connectivity index (χ3v) is 4.10. The highest BCUT2D eigenvalue weighted by molar-refractivity contribution is 5.64. The molecule has 0 spiro atoms. The van der Waals surface area contributed by atoms with E-state index >= 15 is 0 Å². The molecule has 0 aliphatic carbocycles. The predicted octanol–water partition coefficient (Wildman–Crippen LogP) is 4.19. The van der Waals surface area contributed by atoms with E-state index in [1.54, 1.807) is 19.1 Å². The molecule has 6 heteroatoms. The summed E-state index contributed by atoms with van der Waals surface area (Å²) in [6.45, 7) is 5.71. The Kier molecular flexibility index (Phi) is 6.22. The first-order valence-corrected chi connectivity index (χ1v) is 7.52. The zero-order valence-electron chi connectivity index (χ0n) is 13.8. The molecule has 0 fully saturated rings. The molecule has 0 bridgehead atoms. The Labute approximate surface area is 134 Å². The highest BCUT2D eigenvalue weighted by Crippen LogP contribution is 2.41. The van der Waals surface area contributed by atoms with Gasteiger partial charge in [0.25, 0.3) is 0 Å². The molecule has 0 heterocycles. The van der Waals surface area contributed by atoms with Gasteiger partial charge in [-0.05, 0) is 41.9 Å². The van der Waals surface area contributed by atoms with Crippen molar-refractivity contribution in [3.8, 4) is 5.75 Å². The molecule has 0 aliphatic rings. The maximum absolute atomic E-state index is 13.0. The summed E-state index contributed by atoms with van der Waals surface area (Å²) < 4.78 is 44.2. The van der Waals surface area contributed by atoms with Gasteiger partial charge in [0.1, 0.15) is 5.75 Å². The first-order valence-electron chi connectivity index (χ1n) is 7.52. The highest BCUT2D eigenvalue weighted by atomic mass is 19.4. The molecule has 0 radical (unpaired) electrons. The second-order valence-corrected chi connectivity index (χ2v) is 6.01. The van der Waals surface area contributed by atoms with Crippen molar-refractivity contribution in [1.29, 1.82) is 0 Å². The predicted molar refractivity (Wildman–Crippen MR) is 81.8 cm³/mol. The number of rotatable bonds is 7. The Bertz CT molecular complexity index is 540. The van der Waals surface area contributed by atoms with Crippen molar-refractivity contribution in [1.82, 2.24) is 0 Å². The van der Waals surface area contributed by atoms with Gasteiger partial charge in [0.2, 0.25) is 5.60 Å². The minimum atomic E-state index is -5.01. The monoisotopic (exact) mass is 332 g/mol. The van der Waals surface area contributed by atoms with E-state index < -0.39 is 30.4 Å². The molecule has 0 saturated carbocycles. The van der Waals surface area contributed by atoms with E-state index in [0.29, 0.717) is 17.7 Å². The van der Waals surface area contributed by atoms with Gasteiger partial charge in [0.15, 0.2) is 6.29 Å². The van der Waals surface area contributed by atoms with Crippen LogP contribution in [0.1, 0.15) is 56.6 Å². The first kappa shape index (κ1) is 19.5. The number of halogens is 3. The highest BCUT2D eigenvalue weighted by Gasteiger charge is 2.54. The summed E-state index contributed by atoms with van der Waals surface area (Å²) in [5.74, 6) is 0.0709. The minimum absolute atomic E-state index is 0.250. The number of ether oxygens (including phenoxy) is 1. The molecule has 2 atom stereocenters. The zero-order chi connectivity index (χ0) is 17.8. The van der Waals surface area contributed by atoms with E-state index in [2.05, 4.69) is 0 Å². The molecular weight excluding hydrogens is 309 g/mol. The summed E-state index contributed by atoms with van der Waals surface area (Å²) in [6.07, 6.45) is -5.82. The smallest absolute Gasteiger partial charge is 0.424 e. The molecule has 0 aromatic heterocycles. The van der Waals surface area contributed by atoms with Gasteiger partial charge in [-0.3, -0.25) is 4.79 Å². The van der Waals surface area contributed by atoms with Crippen LogP contribution in [0.5, 0.6) is 5.75 Å². The fourth-order valence-electron chi connectivity index (χ4n) is 2.50. The van der Waals surface area contributed by atoms with Gasteiger partial charge in [0, 0.05) is 0 Å². The number of methoxy groups -OCH3 is 1. The van der Waals surface area contributed by atoms with Crippen molar-refractivity contribution in [3.63, 3.8) is 0 Å². The first-order chi connectivity index (χ1) is 10.6. The van der Waals surface area contributed by atoms with Crippen LogP contribution in [0, 0.1) is 0 Å². The fraction of sp³-hybridized carbons (Fsp3) is 0.588. The van der Waals surface area contributed by atoms with Gasteiger partial charge < -0.3 is 9.84 Å². The average Bonchev–Trinajstić information content (AvgIpc) is 2.50. The number of hydrogen-bond donors (Lipinski definition) is 1. The number of alkyl halides is 3. The van der Waals surface area contributed by atoms with Gasteiger partial charge in [-0.2, -0.15) is 13.2 Å². The van der Waals surface area contributed by atoms with Crippen molar-refractivity contribution in [2.24, 2.45) is 0 Å². The standard InChI is InChI=1S/C17H23F3O3/c1-5-12(9-16(22,10-21)17(18,19)20)14-7-6-13(11(2)3)8-15(14)23-4/h6-8,10-12,22H,5,9H2,1-4H3. The van der Waals surface area contributed by atoms with E-state index in [9.17, 15) is 23.1 Å². The number of hydrogen-bond acceptors (Lipinski definition) is 3. The summed E-state index contributed by atoms with van der Waals surface area (Å²) in [4.78, 5) is 10.9. The van der Waals surface area contributed by atoms with Crippen LogP contribution in [-0.2, 0) is 4.79 Å². The summed E-state index contributed by atoms with van der Waals surface area (Å²) in [7, 11) is 1.45. The lowest BCUT2D eigenvalue weighted by atomic mass is 9.83. The van der Waals surface area contributed by atoms with Gasteiger partial charge in [-0.15, -0.1) is 0 Å². The molecular formula is C17H23F3O3. The van der Waals surface area contributed by atoms with Crippen LogP contribution >= 0.6 is 0 Å². The number of aldehydes is 1. The van der Waals surface area contributed by atoms with Gasteiger partial charge in [-0.1, -0.05) is 32.9 Å². The van der Waals surface area contributed by atoms with Gasteiger partial charge in [0.05, 0.1) is 7.11 Å². The molecule has 1 N–H and O–H groups in total. The van der Waals surface area contributed by atoms with E-state index in [-0.39, 0.29) is 5.92 Å². The maximum atomic E-state index is 13.0. The summed E-state index contributed by atoms with van der Waals surface area (Å²) in [6, 6.07) is 5.33. The van der Waals surface area contributed by atoms with Crippen LogP contribution in [0.25, 0.3) is 0 Å². The van der Waals surface area contributed by atoms with E-state index in [4.69, 9.17) is 4.74 Å². The van der Waals surface area contributed by atoms with Crippen molar-refractivity contribution in [2.45, 2.75) is 57.2 Å². The van der Waals surface area contributed by atoms with Crippen LogP contribution in [0.4, 0.5) is 13.2 Å². The van der Waals surface area contributed by atoms with Crippen LogP contribution in [0.3, 0.4) is 0 Å². The van der Waals surface area contributed by atoms with Crippen LogP contribution < -0.4 is 4.74 Å². The number of carbonyl (C=O) groups is 1. The third-order valence-electron chi connectivity index (χ3n) is 4.10. The SMILES string of the molecule is CCC(CC(O)(C=O)C(F)(F)F)c1ccc(C(C)C)cc1OC. The van der Waals surface area contributed by atoms with Crippen molar-refractivity contribution < 1.29 is 27.8 Å². The van der Waals surface area contributed by atoms with E-state index in [1.807, 2.05) is 19.9 Å². The van der Waals surface area contributed by atoms with Gasteiger partial charge in [-0.25, -0.2) is 0 Å². The molecule has 0 saturated heterocycles.